The third kappa shape index (κ3) is 4.03. The van der Waals surface area contributed by atoms with Crippen LogP contribution >= 0.6 is 0 Å². The largest absolute Gasteiger partial charge is 0.341 e. The van der Waals surface area contributed by atoms with E-state index < -0.39 is 6.04 Å². The molecule has 1 aliphatic rings. The van der Waals surface area contributed by atoms with Gasteiger partial charge in [-0.05, 0) is 17.4 Å². The van der Waals surface area contributed by atoms with Gasteiger partial charge in [-0.1, -0.05) is 44.2 Å². The minimum absolute atomic E-state index is 0.0400. The van der Waals surface area contributed by atoms with Crippen LogP contribution in [0.2, 0.25) is 0 Å². The fraction of sp³-hybridized carbons (Fsp3) is 0.474. The van der Waals surface area contributed by atoms with Crippen molar-refractivity contribution in [1.82, 2.24) is 14.5 Å². The first-order valence-electron chi connectivity index (χ1n) is 8.52. The van der Waals surface area contributed by atoms with E-state index in [1.807, 2.05) is 33.9 Å². The number of carbonyl (C=O) groups excluding carboxylic acids is 1. The molecule has 0 unspecified atom stereocenters. The predicted molar refractivity (Wildman–Crippen MR) is 94.4 cm³/mol. The van der Waals surface area contributed by atoms with Crippen molar-refractivity contribution in [2.75, 3.05) is 13.1 Å². The maximum absolute atomic E-state index is 12.5. The molecule has 0 saturated carbocycles. The van der Waals surface area contributed by atoms with Crippen LogP contribution < -0.4 is 5.73 Å². The van der Waals surface area contributed by atoms with Gasteiger partial charge in [0.2, 0.25) is 5.91 Å². The molecular formula is C19H26N4O. The highest BCUT2D eigenvalue weighted by molar-refractivity contribution is 5.82. The molecule has 0 radical (unpaired) electrons. The van der Waals surface area contributed by atoms with Gasteiger partial charge in [-0.3, -0.25) is 4.79 Å². The van der Waals surface area contributed by atoms with Crippen molar-refractivity contribution in [2.24, 2.45) is 11.1 Å². The average Bonchev–Trinajstić information content (AvgIpc) is 3.13. The molecule has 3 rings (SSSR count). The molecule has 1 amide bonds. The van der Waals surface area contributed by atoms with E-state index in [0.717, 1.165) is 31.7 Å². The third-order valence-electron chi connectivity index (χ3n) is 4.63. The molecule has 1 fully saturated rings. The molecule has 5 heteroatoms. The number of nitrogens with zero attached hydrogens (tertiary/aromatic N) is 3. The second-order valence-electron chi connectivity index (χ2n) is 7.51. The van der Waals surface area contributed by atoms with E-state index >= 15 is 0 Å². The highest BCUT2D eigenvalue weighted by Crippen LogP contribution is 2.29. The van der Waals surface area contributed by atoms with E-state index in [9.17, 15) is 4.79 Å². The molecule has 2 N–H and O–H groups in total. The number of aromatic nitrogens is 2. The summed E-state index contributed by atoms with van der Waals surface area (Å²) < 4.78 is 2.03. The van der Waals surface area contributed by atoms with Crippen molar-refractivity contribution >= 4 is 5.91 Å². The Morgan fingerprint density at radius 3 is 2.75 bits per heavy atom. The Hall–Kier alpha value is -2.14. The van der Waals surface area contributed by atoms with Crippen molar-refractivity contribution in [3.63, 3.8) is 0 Å². The Morgan fingerprint density at radius 1 is 1.33 bits per heavy atom. The van der Waals surface area contributed by atoms with E-state index in [4.69, 9.17) is 5.73 Å². The number of rotatable bonds is 5. The predicted octanol–water partition coefficient (Wildman–Crippen LogP) is 2.06. The van der Waals surface area contributed by atoms with E-state index in [1.54, 1.807) is 6.33 Å². The number of amides is 1. The normalized spacial score (nSPS) is 17.9. The summed E-state index contributed by atoms with van der Waals surface area (Å²) in [6, 6.07) is 9.72. The number of nitrogens with two attached hydrogens (primary N) is 1. The van der Waals surface area contributed by atoms with Crippen molar-refractivity contribution < 1.29 is 4.79 Å². The lowest BCUT2D eigenvalue weighted by Crippen LogP contribution is -2.44. The monoisotopic (exact) mass is 326 g/mol. The molecule has 0 aliphatic carbocycles. The topological polar surface area (TPSA) is 64.2 Å². The van der Waals surface area contributed by atoms with Gasteiger partial charge in [0, 0.05) is 32.3 Å². The quantitative estimate of drug-likeness (QED) is 0.915. The molecule has 1 aromatic carbocycles. The molecule has 0 spiro atoms. The molecule has 0 bridgehead atoms. The Labute approximate surface area is 143 Å². The summed E-state index contributed by atoms with van der Waals surface area (Å²) in [5.41, 5.74) is 8.43. The van der Waals surface area contributed by atoms with Gasteiger partial charge in [0.25, 0.3) is 0 Å². The molecule has 1 aromatic heterocycles. The van der Waals surface area contributed by atoms with Crippen molar-refractivity contribution in [1.29, 1.82) is 0 Å². The summed E-state index contributed by atoms with van der Waals surface area (Å²) in [5, 5.41) is 0. The van der Waals surface area contributed by atoms with Crippen molar-refractivity contribution in [3.05, 3.63) is 54.1 Å². The Balaban J connectivity index is 1.57. The first-order valence-corrected chi connectivity index (χ1v) is 8.52. The number of carbonyl (C=O) groups is 1. The number of hydrogen-bond acceptors (Lipinski definition) is 3. The zero-order chi connectivity index (χ0) is 17.2. The van der Waals surface area contributed by atoms with Gasteiger partial charge in [-0.25, -0.2) is 4.98 Å². The zero-order valence-corrected chi connectivity index (χ0v) is 14.5. The van der Waals surface area contributed by atoms with Crippen LogP contribution in [-0.2, 0) is 17.8 Å². The third-order valence-corrected chi connectivity index (χ3v) is 4.63. The summed E-state index contributed by atoms with van der Waals surface area (Å²) in [6.07, 6.45) is 5.31. The fourth-order valence-corrected chi connectivity index (χ4v) is 3.24. The smallest absolute Gasteiger partial charge is 0.239 e. The minimum Gasteiger partial charge on any atom is -0.341 e. The lowest BCUT2D eigenvalue weighted by Gasteiger charge is -2.22. The van der Waals surface area contributed by atoms with E-state index in [2.05, 4.69) is 31.0 Å². The Kier molecular flexibility index (Phi) is 4.71. The van der Waals surface area contributed by atoms with Gasteiger partial charge in [-0.2, -0.15) is 0 Å². The van der Waals surface area contributed by atoms with Gasteiger partial charge in [-0.15, -0.1) is 0 Å². The van der Waals surface area contributed by atoms with Crippen LogP contribution in [0.5, 0.6) is 0 Å². The first kappa shape index (κ1) is 16.7. The SMILES string of the molecule is CC1(C)CCN(C(=O)[C@@H](N)Cc2cn(Cc3ccccc3)cn2)C1. The van der Waals surface area contributed by atoms with E-state index in [-0.39, 0.29) is 11.3 Å². The summed E-state index contributed by atoms with van der Waals surface area (Å²) >= 11 is 0. The summed E-state index contributed by atoms with van der Waals surface area (Å²) in [4.78, 5) is 18.8. The summed E-state index contributed by atoms with van der Waals surface area (Å²) in [7, 11) is 0. The number of likely N-dealkylation sites (tertiary alicyclic amines) is 1. The van der Waals surface area contributed by atoms with Crippen molar-refractivity contribution in [2.45, 2.75) is 39.3 Å². The molecule has 2 heterocycles. The fourth-order valence-electron chi connectivity index (χ4n) is 3.24. The second-order valence-corrected chi connectivity index (χ2v) is 7.51. The lowest BCUT2D eigenvalue weighted by molar-refractivity contribution is -0.131. The van der Waals surface area contributed by atoms with Crippen LogP contribution in [0.25, 0.3) is 0 Å². The first-order chi connectivity index (χ1) is 11.4. The van der Waals surface area contributed by atoms with Crippen molar-refractivity contribution in [3.8, 4) is 0 Å². The molecule has 128 valence electrons. The molecular weight excluding hydrogens is 300 g/mol. The van der Waals surface area contributed by atoms with E-state index in [0.29, 0.717) is 6.42 Å². The highest BCUT2D eigenvalue weighted by atomic mass is 16.2. The average molecular weight is 326 g/mol. The molecule has 1 saturated heterocycles. The van der Waals surface area contributed by atoms with Crippen LogP contribution in [0, 0.1) is 5.41 Å². The Morgan fingerprint density at radius 2 is 2.08 bits per heavy atom. The Bertz CT molecular complexity index is 692. The second kappa shape index (κ2) is 6.77. The number of hydrogen-bond donors (Lipinski definition) is 1. The highest BCUT2D eigenvalue weighted by Gasteiger charge is 2.34. The molecule has 24 heavy (non-hydrogen) atoms. The van der Waals surface area contributed by atoms with Gasteiger partial charge < -0.3 is 15.2 Å². The van der Waals surface area contributed by atoms with Gasteiger partial charge in [0.15, 0.2) is 0 Å². The summed E-state index contributed by atoms with van der Waals surface area (Å²) in [6.45, 7) is 6.76. The van der Waals surface area contributed by atoms with E-state index in [1.165, 1.54) is 5.56 Å². The number of benzene rings is 1. The molecule has 1 atom stereocenters. The molecule has 2 aromatic rings. The lowest BCUT2D eigenvalue weighted by atomic mass is 9.93. The van der Waals surface area contributed by atoms with Gasteiger partial charge in [0.1, 0.15) is 0 Å². The summed E-state index contributed by atoms with van der Waals surface area (Å²) in [5.74, 6) is 0.0400. The maximum Gasteiger partial charge on any atom is 0.239 e. The zero-order valence-electron chi connectivity index (χ0n) is 14.5. The van der Waals surface area contributed by atoms with Crippen LogP contribution in [0.1, 0.15) is 31.5 Å². The van der Waals surface area contributed by atoms with Crippen LogP contribution in [-0.4, -0.2) is 39.5 Å². The standard InChI is InChI=1S/C19H26N4O/c1-19(2)8-9-23(13-19)18(24)17(20)10-16-12-22(14-21-16)11-15-6-4-3-5-7-15/h3-7,12,14,17H,8-11,13,20H2,1-2H3/t17-/m0/s1. The number of imidazole rings is 1. The van der Waals surface area contributed by atoms with Crippen LogP contribution in [0.4, 0.5) is 0 Å². The van der Waals surface area contributed by atoms with Gasteiger partial charge >= 0.3 is 0 Å². The maximum atomic E-state index is 12.5. The van der Waals surface area contributed by atoms with Crippen LogP contribution in [0.3, 0.4) is 0 Å². The van der Waals surface area contributed by atoms with Gasteiger partial charge in [0.05, 0.1) is 18.1 Å². The minimum atomic E-state index is -0.515. The molecule has 5 nitrogen and oxygen atoms in total. The van der Waals surface area contributed by atoms with Crippen LogP contribution in [0.15, 0.2) is 42.9 Å². The molecule has 1 aliphatic heterocycles.